The molecule has 0 unspecified atom stereocenters. The molecule has 0 aliphatic rings. The van der Waals surface area contributed by atoms with Crippen LogP contribution in [0.1, 0.15) is 44.0 Å². The SMILES string of the molecule is CCCCOc1ccc(Br)cc1C(=O)NC(=S)Nc1ccc(OC(C)C)cc1. The molecule has 2 rings (SSSR count). The molecule has 0 fully saturated rings. The van der Waals surface area contributed by atoms with Gasteiger partial charge in [-0.3, -0.25) is 10.1 Å². The molecule has 2 aromatic rings. The summed E-state index contributed by atoms with van der Waals surface area (Å²) in [6, 6.07) is 12.7. The van der Waals surface area contributed by atoms with E-state index in [9.17, 15) is 4.79 Å². The van der Waals surface area contributed by atoms with E-state index in [0.29, 0.717) is 17.9 Å². The first kappa shape index (κ1) is 22.2. The van der Waals surface area contributed by atoms with Gasteiger partial charge < -0.3 is 14.8 Å². The van der Waals surface area contributed by atoms with Gasteiger partial charge in [0.1, 0.15) is 11.5 Å². The molecular formula is C21H25BrN2O3S. The molecule has 1 amide bonds. The molecule has 5 nitrogen and oxygen atoms in total. The highest BCUT2D eigenvalue weighted by atomic mass is 79.9. The van der Waals surface area contributed by atoms with Gasteiger partial charge in [-0.1, -0.05) is 29.3 Å². The number of rotatable bonds is 8. The molecule has 150 valence electrons. The molecule has 0 saturated heterocycles. The molecule has 0 heterocycles. The van der Waals surface area contributed by atoms with E-state index in [0.717, 1.165) is 28.8 Å². The minimum absolute atomic E-state index is 0.109. The van der Waals surface area contributed by atoms with Crippen LogP contribution in [-0.2, 0) is 0 Å². The van der Waals surface area contributed by atoms with Crippen molar-refractivity contribution in [3.63, 3.8) is 0 Å². The second-order valence-electron chi connectivity index (χ2n) is 6.44. The second kappa shape index (κ2) is 11.0. The van der Waals surface area contributed by atoms with Gasteiger partial charge in [-0.15, -0.1) is 0 Å². The topological polar surface area (TPSA) is 59.6 Å². The fourth-order valence-electron chi connectivity index (χ4n) is 2.35. The average molecular weight is 465 g/mol. The summed E-state index contributed by atoms with van der Waals surface area (Å²) in [6.07, 6.45) is 2.05. The maximum atomic E-state index is 12.7. The maximum absolute atomic E-state index is 12.7. The molecule has 2 N–H and O–H groups in total. The van der Waals surface area contributed by atoms with Gasteiger partial charge in [-0.2, -0.15) is 0 Å². The highest BCUT2D eigenvalue weighted by molar-refractivity contribution is 9.10. The Bertz CT molecular complexity index is 810. The van der Waals surface area contributed by atoms with E-state index in [4.69, 9.17) is 21.7 Å². The van der Waals surface area contributed by atoms with Gasteiger partial charge in [0.2, 0.25) is 0 Å². The van der Waals surface area contributed by atoms with Gasteiger partial charge in [0.25, 0.3) is 5.91 Å². The number of thiocarbonyl (C=S) groups is 1. The molecule has 0 aromatic heterocycles. The van der Waals surface area contributed by atoms with E-state index in [1.807, 2.05) is 44.2 Å². The number of amides is 1. The molecule has 7 heteroatoms. The van der Waals surface area contributed by atoms with Crippen LogP contribution in [-0.4, -0.2) is 23.7 Å². The van der Waals surface area contributed by atoms with E-state index in [1.165, 1.54) is 0 Å². The number of benzene rings is 2. The smallest absolute Gasteiger partial charge is 0.261 e. The summed E-state index contributed by atoms with van der Waals surface area (Å²) in [5, 5.41) is 5.91. The van der Waals surface area contributed by atoms with Crippen molar-refractivity contribution in [1.82, 2.24) is 5.32 Å². The zero-order chi connectivity index (χ0) is 20.5. The summed E-state index contributed by atoms with van der Waals surface area (Å²) in [6.45, 7) is 6.59. The lowest BCUT2D eigenvalue weighted by Gasteiger charge is -2.14. The summed E-state index contributed by atoms with van der Waals surface area (Å²) in [7, 11) is 0. The standard InChI is InChI=1S/C21H25BrN2O3S/c1-4-5-12-26-19-11-6-15(22)13-18(19)20(25)24-21(28)23-16-7-9-17(10-8-16)27-14(2)3/h6-11,13-14H,4-5,12H2,1-3H3,(H2,23,24,25,28). The molecule has 2 aromatic carbocycles. The zero-order valence-electron chi connectivity index (χ0n) is 16.3. The maximum Gasteiger partial charge on any atom is 0.261 e. The number of ether oxygens (including phenoxy) is 2. The summed E-state index contributed by atoms with van der Waals surface area (Å²) in [4.78, 5) is 12.7. The highest BCUT2D eigenvalue weighted by Gasteiger charge is 2.15. The number of unbranched alkanes of at least 4 members (excludes halogenated alkanes) is 1. The van der Waals surface area contributed by atoms with Crippen LogP contribution >= 0.6 is 28.1 Å². The molecule has 0 aliphatic carbocycles. The van der Waals surface area contributed by atoms with Gasteiger partial charge in [-0.05, 0) is 75.0 Å². The first-order valence-electron chi connectivity index (χ1n) is 9.20. The predicted molar refractivity (Wildman–Crippen MR) is 120 cm³/mol. The number of nitrogens with one attached hydrogen (secondary N) is 2. The van der Waals surface area contributed by atoms with Crippen LogP contribution in [0.4, 0.5) is 5.69 Å². The Morgan fingerprint density at radius 2 is 1.89 bits per heavy atom. The molecule has 0 spiro atoms. The first-order valence-corrected chi connectivity index (χ1v) is 10.4. The second-order valence-corrected chi connectivity index (χ2v) is 7.77. The molecule has 0 bridgehead atoms. The molecule has 0 saturated carbocycles. The van der Waals surface area contributed by atoms with Crippen molar-refractivity contribution in [2.24, 2.45) is 0 Å². The number of hydrogen-bond donors (Lipinski definition) is 2. The number of carbonyl (C=O) groups is 1. The minimum Gasteiger partial charge on any atom is -0.493 e. The van der Waals surface area contributed by atoms with E-state index in [2.05, 4.69) is 33.5 Å². The quantitative estimate of drug-likeness (QED) is 0.396. The predicted octanol–water partition coefficient (Wildman–Crippen LogP) is 5.54. The van der Waals surface area contributed by atoms with Gasteiger partial charge >= 0.3 is 0 Å². The van der Waals surface area contributed by atoms with Crippen LogP contribution in [0.5, 0.6) is 11.5 Å². The van der Waals surface area contributed by atoms with E-state index < -0.39 is 0 Å². The molecule has 0 aliphatic heterocycles. The van der Waals surface area contributed by atoms with Crippen molar-refractivity contribution < 1.29 is 14.3 Å². The summed E-state index contributed by atoms with van der Waals surface area (Å²) in [5.74, 6) is 0.982. The first-order chi connectivity index (χ1) is 13.4. The third-order valence-electron chi connectivity index (χ3n) is 3.65. The summed E-state index contributed by atoms with van der Waals surface area (Å²) < 4.78 is 12.1. The normalized spacial score (nSPS) is 10.5. The number of anilines is 1. The van der Waals surface area contributed by atoms with Crippen molar-refractivity contribution in [2.45, 2.75) is 39.7 Å². The monoisotopic (exact) mass is 464 g/mol. The highest BCUT2D eigenvalue weighted by Crippen LogP contribution is 2.24. The Kier molecular flexibility index (Phi) is 8.73. The van der Waals surface area contributed by atoms with Crippen molar-refractivity contribution in [2.75, 3.05) is 11.9 Å². The van der Waals surface area contributed by atoms with Crippen LogP contribution in [0, 0.1) is 0 Å². The van der Waals surface area contributed by atoms with E-state index in [1.54, 1.807) is 12.1 Å². The van der Waals surface area contributed by atoms with Crippen molar-refractivity contribution in [3.05, 3.63) is 52.5 Å². The number of hydrogen-bond acceptors (Lipinski definition) is 4. The van der Waals surface area contributed by atoms with Crippen molar-refractivity contribution in [3.8, 4) is 11.5 Å². The van der Waals surface area contributed by atoms with Crippen molar-refractivity contribution >= 4 is 44.9 Å². The lowest BCUT2D eigenvalue weighted by Crippen LogP contribution is -2.34. The third-order valence-corrected chi connectivity index (χ3v) is 4.35. The fourth-order valence-corrected chi connectivity index (χ4v) is 2.93. The van der Waals surface area contributed by atoms with Gasteiger partial charge in [-0.25, -0.2) is 0 Å². The Hall–Kier alpha value is -2.12. The van der Waals surface area contributed by atoms with Gasteiger partial charge in [0.15, 0.2) is 5.11 Å². The van der Waals surface area contributed by atoms with Crippen LogP contribution in [0.15, 0.2) is 46.9 Å². The van der Waals surface area contributed by atoms with E-state index in [-0.39, 0.29) is 17.1 Å². The molecule has 28 heavy (non-hydrogen) atoms. The number of halogens is 1. The summed E-state index contributed by atoms with van der Waals surface area (Å²) >= 11 is 8.66. The van der Waals surface area contributed by atoms with Crippen LogP contribution in [0.2, 0.25) is 0 Å². The zero-order valence-corrected chi connectivity index (χ0v) is 18.7. The third kappa shape index (κ3) is 7.13. The lowest BCUT2D eigenvalue weighted by atomic mass is 10.2. The van der Waals surface area contributed by atoms with Crippen LogP contribution < -0.4 is 20.1 Å². The summed E-state index contributed by atoms with van der Waals surface area (Å²) in [5.41, 5.74) is 1.19. The lowest BCUT2D eigenvalue weighted by molar-refractivity contribution is 0.0973. The fraction of sp³-hybridized carbons (Fsp3) is 0.333. The average Bonchev–Trinajstić information content (AvgIpc) is 2.64. The molecular weight excluding hydrogens is 440 g/mol. The van der Waals surface area contributed by atoms with Gasteiger partial charge in [0.05, 0.1) is 18.3 Å². The van der Waals surface area contributed by atoms with E-state index >= 15 is 0 Å². The Morgan fingerprint density at radius 1 is 1.18 bits per heavy atom. The molecule has 0 atom stereocenters. The Labute approximate surface area is 179 Å². The van der Waals surface area contributed by atoms with Crippen LogP contribution in [0.25, 0.3) is 0 Å². The molecule has 0 radical (unpaired) electrons. The van der Waals surface area contributed by atoms with Crippen LogP contribution in [0.3, 0.4) is 0 Å². The largest absolute Gasteiger partial charge is 0.493 e. The minimum atomic E-state index is -0.329. The number of carbonyl (C=O) groups excluding carboxylic acids is 1. The Morgan fingerprint density at radius 3 is 2.54 bits per heavy atom. The van der Waals surface area contributed by atoms with Gasteiger partial charge in [0, 0.05) is 10.2 Å². The van der Waals surface area contributed by atoms with Crippen molar-refractivity contribution in [1.29, 1.82) is 0 Å². The Balaban J connectivity index is 2.00.